The standard InChI is InChI=1S/C7H17NO/c1-3-4-5-9-7(2)6-8/h7H,3-6,8H2,1-2H3. The quantitative estimate of drug-likeness (QED) is 0.568. The number of unbranched alkanes of at least 4 members (excludes halogenated alkanes) is 1. The Kier molecular flexibility index (Phi) is 5.99. The van der Waals surface area contributed by atoms with Gasteiger partial charge in [0.05, 0.1) is 6.10 Å². The molecule has 0 aromatic rings. The van der Waals surface area contributed by atoms with Crippen LogP contribution < -0.4 is 5.73 Å². The van der Waals surface area contributed by atoms with Gasteiger partial charge in [0.1, 0.15) is 0 Å². The van der Waals surface area contributed by atoms with Gasteiger partial charge < -0.3 is 10.5 Å². The van der Waals surface area contributed by atoms with Gasteiger partial charge in [0.15, 0.2) is 0 Å². The molecule has 0 heterocycles. The maximum atomic E-state index is 5.33. The fourth-order valence-electron chi connectivity index (χ4n) is 0.497. The van der Waals surface area contributed by atoms with Gasteiger partial charge in [-0.1, -0.05) is 13.3 Å². The molecule has 0 amide bonds. The molecule has 1 unspecified atom stereocenters. The number of hydrogen-bond acceptors (Lipinski definition) is 2. The van der Waals surface area contributed by atoms with E-state index in [9.17, 15) is 0 Å². The van der Waals surface area contributed by atoms with Crippen LogP contribution in [-0.2, 0) is 4.74 Å². The fraction of sp³-hybridized carbons (Fsp3) is 1.00. The highest BCUT2D eigenvalue weighted by atomic mass is 16.5. The first-order valence-electron chi connectivity index (χ1n) is 3.63. The van der Waals surface area contributed by atoms with Crippen molar-refractivity contribution in [3.63, 3.8) is 0 Å². The topological polar surface area (TPSA) is 35.2 Å². The molecular weight excluding hydrogens is 114 g/mol. The maximum absolute atomic E-state index is 5.33. The second-order valence-electron chi connectivity index (χ2n) is 2.27. The summed E-state index contributed by atoms with van der Waals surface area (Å²) in [5.41, 5.74) is 5.33. The molecule has 2 heteroatoms. The third-order valence-electron chi connectivity index (χ3n) is 1.23. The van der Waals surface area contributed by atoms with Crippen LogP contribution in [0.25, 0.3) is 0 Å². The zero-order chi connectivity index (χ0) is 7.11. The number of nitrogens with two attached hydrogens (primary N) is 1. The van der Waals surface area contributed by atoms with Gasteiger partial charge in [-0.25, -0.2) is 0 Å². The van der Waals surface area contributed by atoms with Gasteiger partial charge in [-0.15, -0.1) is 0 Å². The van der Waals surface area contributed by atoms with Gasteiger partial charge in [0, 0.05) is 13.2 Å². The minimum absolute atomic E-state index is 0.233. The SMILES string of the molecule is CCCCOC(C)CN. The maximum Gasteiger partial charge on any atom is 0.0669 e. The number of rotatable bonds is 5. The first-order chi connectivity index (χ1) is 4.31. The Balaban J connectivity index is 2.88. The molecule has 0 rings (SSSR count). The molecule has 9 heavy (non-hydrogen) atoms. The number of ether oxygens (including phenoxy) is 1. The van der Waals surface area contributed by atoms with Crippen LogP contribution in [0.4, 0.5) is 0 Å². The van der Waals surface area contributed by atoms with E-state index in [1.54, 1.807) is 0 Å². The molecule has 0 radical (unpaired) electrons. The van der Waals surface area contributed by atoms with Gasteiger partial charge in [-0.3, -0.25) is 0 Å². The van der Waals surface area contributed by atoms with Crippen molar-refractivity contribution in [2.75, 3.05) is 13.2 Å². The van der Waals surface area contributed by atoms with Gasteiger partial charge in [-0.2, -0.15) is 0 Å². The summed E-state index contributed by atoms with van der Waals surface area (Å²) >= 11 is 0. The van der Waals surface area contributed by atoms with Crippen LogP contribution in [0.1, 0.15) is 26.7 Å². The first kappa shape index (κ1) is 8.92. The second-order valence-corrected chi connectivity index (χ2v) is 2.27. The molecule has 2 N–H and O–H groups in total. The molecule has 0 aliphatic rings. The molecule has 0 saturated carbocycles. The highest BCUT2D eigenvalue weighted by Crippen LogP contribution is 1.91. The third-order valence-corrected chi connectivity index (χ3v) is 1.23. The summed E-state index contributed by atoms with van der Waals surface area (Å²) in [5.74, 6) is 0. The minimum Gasteiger partial charge on any atom is -0.377 e. The zero-order valence-electron chi connectivity index (χ0n) is 6.39. The predicted octanol–water partition coefficient (Wildman–Crippen LogP) is 1.15. The lowest BCUT2D eigenvalue weighted by molar-refractivity contribution is 0.0698. The van der Waals surface area contributed by atoms with Crippen LogP contribution in [-0.4, -0.2) is 19.3 Å². The molecule has 56 valence electrons. The van der Waals surface area contributed by atoms with E-state index >= 15 is 0 Å². The lowest BCUT2D eigenvalue weighted by Gasteiger charge is -2.08. The van der Waals surface area contributed by atoms with E-state index in [1.807, 2.05) is 6.92 Å². The van der Waals surface area contributed by atoms with Gasteiger partial charge in [-0.05, 0) is 13.3 Å². The zero-order valence-corrected chi connectivity index (χ0v) is 6.39. The average Bonchev–Trinajstić information content (AvgIpc) is 1.89. The van der Waals surface area contributed by atoms with E-state index in [2.05, 4.69) is 6.92 Å². The van der Waals surface area contributed by atoms with Crippen molar-refractivity contribution < 1.29 is 4.74 Å². The summed E-state index contributed by atoms with van der Waals surface area (Å²) in [4.78, 5) is 0. The van der Waals surface area contributed by atoms with Gasteiger partial charge in [0.25, 0.3) is 0 Å². The second kappa shape index (κ2) is 6.05. The van der Waals surface area contributed by atoms with Crippen LogP contribution in [0.5, 0.6) is 0 Å². The molecule has 1 atom stereocenters. The lowest BCUT2D eigenvalue weighted by atomic mass is 10.3. The average molecular weight is 131 g/mol. The normalized spacial score (nSPS) is 13.7. The molecule has 0 bridgehead atoms. The molecule has 0 fully saturated rings. The van der Waals surface area contributed by atoms with Crippen molar-refractivity contribution in [3.05, 3.63) is 0 Å². The van der Waals surface area contributed by atoms with E-state index in [0.29, 0.717) is 6.54 Å². The Morgan fingerprint density at radius 1 is 1.56 bits per heavy atom. The van der Waals surface area contributed by atoms with Crippen LogP contribution in [0, 0.1) is 0 Å². The Bertz CT molecular complexity index is 56.9. The Morgan fingerprint density at radius 2 is 2.22 bits per heavy atom. The Morgan fingerprint density at radius 3 is 2.67 bits per heavy atom. The fourth-order valence-corrected chi connectivity index (χ4v) is 0.497. The van der Waals surface area contributed by atoms with Crippen molar-refractivity contribution in [2.45, 2.75) is 32.8 Å². The molecule has 0 aromatic carbocycles. The summed E-state index contributed by atoms with van der Waals surface area (Å²) in [6.45, 7) is 5.63. The van der Waals surface area contributed by atoms with Crippen LogP contribution in [0.15, 0.2) is 0 Å². The Hall–Kier alpha value is -0.0800. The van der Waals surface area contributed by atoms with Gasteiger partial charge >= 0.3 is 0 Å². The molecule has 0 aliphatic heterocycles. The van der Waals surface area contributed by atoms with Crippen molar-refractivity contribution in [2.24, 2.45) is 5.73 Å². The summed E-state index contributed by atoms with van der Waals surface area (Å²) < 4.78 is 5.31. The predicted molar refractivity (Wildman–Crippen MR) is 39.4 cm³/mol. The molecule has 2 nitrogen and oxygen atoms in total. The lowest BCUT2D eigenvalue weighted by Crippen LogP contribution is -2.20. The summed E-state index contributed by atoms with van der Waals surface area (Å²) in [7, 11) is 0. The molecule has 0 saturated heterocycles. The Labute approximate surface area is 57.4 Å². The van der Waals surface area contributed by atoms with Crippen molar-refractivity contribution in [1.82, 2.24) is 0 Å². The van der Waals surface area contributed by atoms with Crippen molar-refractivity contribution >= 4 is 0 Å². The molecule has 0 spiro atoms. The number of hydrogen-bond donors (Lipinski definition) is 1. The highest BCUT2D eigenvalue weighted by Gasteiger charge is 1.95. The van der Waals surface area contributed by atoms with E-state index in [4.69, 9.17) is 10.5 Å². The summed E-state index contributed by atoms with van der Waals surface area (Å²) in [5, 5.41) is 0. The van der Waals surface area contributed by atoms with Crippen LogP contribution >= 0.6 is 0 Å². The smallest absolute Gasteiger partial charge is 0.0669 e. The van der Waals surface area contributed by atoms with Crippen molar-refractivity contribution in [1.29, 1.82) is 0 Å². The minimum atomic E-state index is 0.233. The monoisotopic (exact) mass is 131 g/mol. The highest BCUT2D eigenvalue weighted by molar-refractivity contribution is 4.47. The van der Waals surface area contributed by atoms with E-state index in [0.717, 1.165) is 13.0 Å². The largest absolute Gasteiger partial charge is 0.377 e. The van der Waals surface area contributed by atoms with Crippen LogP contribution in [0.2, 0.25) is 0 Å². The van der Waals surface area contributed by atoms with E-state index in [-0.39, 0.29) is 6.10 Å². The summed E-state index contributed by atoms with van der Waals surface area (Å²) in [6.07, 6.45) is 2.57. The molecule has 0 aromatic heterocycles. The van der Waals surface area contributed by atoms with Crippen molar-refractivity contribution in [3.8, 4) is 0 Å². The van der Waals surface area contributed by atoms with E-state index in [1.165, 1.54) is 6.42 Å². The molecular formula is C7H17NO. The summed E-state index contributed by atoms with van der Waals surface area (Å²) in [6, 6.07) is 0. The third kappa shape index (κ3) is 5.80. The molecule has 0 aliphatic carbocycles. The van der Waals surface area contributed by atoms with Crippen LogP contribution in [0.3, 0.4) is 0 Å². The first-order valence-corrected chi connectivity index (χ1v) is 3.63. The van der Waals surface area contributed by atoms with Gasteiger partial charge in [0.2, 0.25) is 0 Å². The van der Waals surface area contributed by atoms with E-state index < -0.39 is 0 Å².